The lowest BCUT2D eigenvalue weighted by Crippen LogP contribution is -1.98. The first kappa shape index (κ1) is 11.0. The Labute approximate surface area is 70.8 Å². The molecule has 1 nitrogen and oxygen atoms in total. The summed E-state index contributed by atoms with van der Waals surface area (Å²) in [6.07, 6.45) is 7.71. The van der Waals surface area contributed by atoms with E-state index in [2.05, 4.69) is 6.92 Å². The highest BCUT2D eigenvalue weighted by molar-refractivity contribution is 4.50. The van der Waals surface area contributed by atoms with Crippen LogP contribution in [0.15, 0.2) is 0 Å². The average Bonchev–Trinajstić information content (AvgIpc) is 2.04. The summed E-state index contributed by atoms with van der Waals surface area (Å²) < 4.78 is 0. The molecule has 11 heavy (non-hydrogen) atoms. The van der Waals surface area contributed by atoms with Crippen molar-refractivity contribution in [2.75, 3.05) is 6.61 Å². The van der Waals surface area contributed by atoms with Gasteiger partial charge in [-0.15, -0.1) is 0 Å². The molecule has 1 radical (unpaired) electrons. The third-order valence-corrected chi connectivity index (χ3v) is 2.08. The van der Waals surface area contributed by atoms with Crippen LogP contribution in [0.4, 0.5) is 0 Å². The molecular weight excluding hydrogens is 136 g/mol. The van der Waals surface area contributed by atoms with Crippen molar-refractivity contribution in [3.63, 3.8) is 0 Å². The Morgan fingerprint density at radius 2 is 1.73 bits per heavy atom. The Kier molecular flexibility index (Phi) is 8.03. The molecule has 0 fully saturated rings. The summed E-state index contributed by atoms with van der Waals surface area (Å²) in [6, 6.07) is 0. The molecule has 0 aromatic rings. The maximum absolute atomic E-state index is 10.3. The number of rotatable bonds is 7. The van der Waals surface area contributed by atoms with Crippen LogP contribution in [0.3, 0.4) is 0 Å². The monoisotopic (exact) mass is 157 g/mol. The van der Waals surface area contributed by atoms with Crippen molar-refractivity contribution in [2.24, 2.45) is 5.92 Å². The van der Waals surface area contributed by atoms with Gasteiger partial charge in [0.1, 0.15) is 0 Å². The lowest BCUT2D eigenvalue weighted by Gasteiger charge is -2.04. The molecule has 0 spiro atoms. The van der Waals surface area contributed by atoms with Crippen molar-refractivity contribution < 1.29 is 5.11 Å². The maximum atomic E-state index is 10.3. The minimum atomic E-state index is 0.105. The van der Waals surface area contributed by atoms with Gasteiger partial charge in [-0.3, -0.25) is 0 Å². The van der Waals surface area contributed by atoms with E-state index in [1.165, 1.54) is 32.1 Å². The van der Waals surface area contributed by atoms with E-state index < -0.39 is 0 Å². The quantitative estimate of drug-likeness (QED) is 0.505. The molecule has 67 valence electrons. The zero-order valence-corrected chi connectivity index (χ0v) is 7.94. The minimum Gasteiger partial charge on any atom is -0.236 e. The van der Waals surface area contributed by atoms with Crippen molar-refractivity contribution in [1.29, 1.82) is 0 Å². The predicted octanol–water partition coefficient (Wildman–Crippen LogP) is 3.41. The van der Waals surface area contributed by atoms with Gasteiger partial charge in [0.15, 0.2) is 0 Å². The summed E-state index contributed by atoms with van der Waals surface area (Å²) in [5.74, 6) is 0.400. The van der Waals surface area contributed by atoms with E-state index >= 15 is 0 Å². The van der Waals surface area contributed by atoms with E-state index in [4.69, 9.17) is 0 Å². The van der Waals surface area contributed by atoms with E-state index in [1.54, 1.807) is 0 Å². The zero-order chi connectivity index (χ0) is 8.53. The topological polar surface area (TPSA) is 19.9 Å². The van der Waals surface area contributed by atoms with Gasteiger partial charge < -0.3 is 0 Å². The van der Waals surface area contributed by atoms with Crippen molar-refractivity contribution in [3.8, 4) is 0 Å². The molecule has 0 amide bonds. The van der Waals surface area contributed by atoms with Crippen molar-refractivity contribution in [2.45, 2.75) is 52.4 Å². The van der Waals surface area contributed by atoms with Crippen molar-refractivity contribution in [3.05, 3.63) is 0 Å². The van der Waals surface area contributed by atoms with E-state index in [1.807, 2.05) is 6.92 Å². The van der Waals surface area contributed by atoms with Gasteiger partial charge in [-0.25, -0.2) is 5.11 Å². The second-order valence-electron chi connectivity index (χ2n) is 3.47. The number of unbranched alkanes of at least 4 members (excludes halogenated alkanes) is 4. The summed E-state index contributed by atoms with van der Waals surface area (Å²) in [7, 11) is 0. The maximum Gasteiger partial charge on any atom is 0.0847 e. The summed E-state index contributed by atoms with van der Waals surface area (Å²) in [5.41, 5.74) is 0. The third-order valence-electron chi connectivity index (χ3n) is 2.08. The second-order valence-corrected chi connectivity index (χ2v) is 3.47. The van der Waals surface area contributed by atoms with E-state index in [0.29, 0.717) is 5.92 Å². The smallest absolute Gasteiger partial charge is 0.0847 e. The first-order valence-corrected chi connectivity index (χ1v) is 4.89. The molecule has 0 saturated carbocycles. The molecule has 0 aliphatic heterocycles. The lowest BCUT2D eigenvalue weighted by atomic mass is 10.0. The van der Waals surface area contributed by atoms with Crippen LogP contribution in [0.2, 0.25) is 0 Å². The molecule has 0 aromatic carbocycles. The molecular formula is C10H21O. The molecule has 0 rings (SSSR count). The molecule has 0 saturated heterocycles. The Hall–Kier alpha value is -0.0400. The number of hydrogen-bond acceptors (Lipinski definition) is 0. The SMILES string of the molecule is CCCCCCCC(C)C[O]. The summed E-state index contributed by atoms with van der Waals surface area (Å²) >= 11 is 0. The van der Waals surface area contributed by atoms with Gasteiger partial charge in [0.25, 0.3) is 0 Å². The average molecular weight is 157 g/mol. The van der Waals surface area contributed by atoms with Gasteiger partial charge in [-0.1, -0.05) is 46.0 Å². The Balaban J connectivity index is 2.89. The molecule has 0 aliphatic carbocycles. The molecule has 1 heteroatoms. The van der Waals surface area contributed by atoms with Gasteiger partial charge >= 0.3 is 0 Å². The molecule has 0 N–H and O–H groups in total. The van der Waals surface area contributed by atoms with Crippen LogP contribution in [0.25, 0.3) is 0 Å². The predicted molar refractivity (Wildman–Crippen MR) is 48.1 cm³/mol. The fourth-order valence-corrected chi connectivity index (χ4v) is 1.18. The lowest BCUT2D eigenvalue weighted by molar-refractivity contribution is 0.145. The first-order chi connectivity index (χ1) is 5.31. The molecule has 1 unspecified atom stereocenters. The van der Waals surface area contributed by atoms with Crippen LogP contribution < -0.4 is 0 Å². The van der Waals surface area contributed by atoms with Crippen LogP contribution >= 0.6 is 0 Å². The van der Waals surface area contributed by atoms with Gasteiger partial charge in [-0.2, -0.15) is 0 Å². The van der Waals surface area contributed by atoms with Crippen LogP contribution in [0, 0.1) is 5.92 Å². The fraction of sp³-hybridized carbons (Fsp3) is 1.00. The summed E-state index contributed by atoms with van der Waals surface area (Å²) in [4.78, 5) is 0. The first-order valence-electron chi connectivity index (χ1n) is 4.89. The Morgan fingerprint density at radius 1 is 1.09 bits per heavy atom. The van der Waals surface area contributed by atoms with Crippen LogP contribution in [-0.2, 0) is 5.11 Å². The van der Waals surface area contributed by atoms with Crippen LogP contribution in [0.5, 0.6) is 0 Å². The number of hydrogen-bond donors (Lipinski definition) is 0. The summed E-state index contributed by atoms with van der Waals surface area (Å²) in [5, 5.41) is 10.3. The highest BCUT2D eigenvalue weighted by Crippen LogP contribution is 2.10. The fourth-order valence-electron chi connectivity index (χ4n) is 1.18. The van der Waals surface area contributed by atoms with E-state index in [0.717, 1.165) is 6.42 Å². The van der Waals surface area contributed by atoms with Gasteiger partial charge in [0.05, 0.1) is 6.61 Å². The highest BCUT2D eigenvalue weighted by Gasteiger charge is 1.99. The molecule has 1 atom stereocenters. The zero-order valence-electron chi connectivity index (χ0n) is 7.94. The molecule has 0 bridgehead atoms. The molecule has 0 aromatic heterocycles. The summed E-state index contributed by atoms with van der Waals surface area (Å²) in [6.45, 7) is 4.38. The molecule has 0 heterocycles. The van der Waals surface area contributed by atoms with Crippen molar-refractivity contribution in [1.82, 2.24) is 0 Å². The minimum absolute atomic E-state index is 0.105. The van der Waals surface area contributed by atoms with Gasteiger partial charge in [0.2, 0.25) is 0 Å². The van der Waals surface area contributed by atoms with Crippen LogP contribution in [0.1, 0.15) is 52.4 Å². The van der Waals surface area contributed by atoms with Gasteiger partial charge in [-0.05, 0) is 12.3 Å². The highest BCUT2D eigenvalue weighted by atomic mass is 16.3. The Morgan fingerprint density at radius 3 is 2.27 bits per heavy atom. The standard InChI is InChI=1S/C10H21O/c1-3-4-5-6-7-8-10(2)9-11/h10H,3-9H2,1-2H3. The normalized spacial score (nSPS) is 13.4. The van der Waals surface area contributed by atoms with Gasteiger partial charge in [0, 0.05) is 0 Å². The van der Waals surface area contributed by atoms with E-state index in [9.17, 15) is 5.11 Å². The van der Waals surface area contributed by atoms with Crippen LogP contribution in [-0.4, -0.2) is 6.61 Å². The third kappa shape index (κ3) is 7.86. The largest absolute Gasteiger partial charge is 0.236 e. The Bertz CT molecular complexity index is 71.3. The molecule has 0 aliphatic rings. The van der Waals surface area contributed by atoms with E-state index in [-0.39, 0.29) is 6.61 Å². The van der Waals surface area contributed by atoms with Crippen molar-refractivity contribution >= 4 is 0 Å². The second kappa shape index (κ2) is 8.06.